The van der Waals surface area contributed by atoms with Crippen molar-refractivity contribution in [1.29, 1.82) is 0 Å². The summed E-state index contributed by atoms with van der Waals surface area (Å²) >= 11 is 1.65. The fourth-order valence-electron chi connectivity index (χ4n) is 3.77. The number of aromatic nitrogens is 1. The van der Waals surface area contributed by atoms with Gasteiger partial charge in [0.1, 0.15) is 0 Å². The fourth-order valence-corrected chi connectivity index (χ4v) is 4.87. The number of nitrogens with one attached hydrogen (secondary N) is 2. The minimum absolute atomic E-state index is 0.0317. The van der Waals surface area contributed by atoms with E-state index in [0.717, 1.165) is 40.9 Å². The molecule has 1 aliphatic rings. The van der Waals surface area contributed by atoms with Crippen molar-refractivity contribution in [1.82, 2.24) is 15.6 Å². The van der Waals surface area contributed by atoms with Crippen molar-refractivity contribution in [2.75, 3.05) is 6.54 Å². The first-order chi connectivity index (χ1) is 13.8. The number of fused-ring (bicyclic) bond motifs is 1. The van der Waals surface area contributed by atoms with Crippen LogP contribution in [0.2, 0.25) is 0 Å². The van der Waals surface area contributed by atoms with Crippen LogP contribution in [0, 0.1) is 0 Å². The minimum Gasteiger partial charge on any atom is -0.352 e. The van der Waals surface area contributed by atoms with Crippen LogP contribution in [0.1, 0.15) is 69.4 Å². The van der Waals surface area contributed by atoms with Crippen LogP contribution >= 0.6 is 11.3 Å². The molecule has 0 aliphatic heterocycles. The van der Waals surface area contributed by atoms with Crippen molar-refractivity contribution in [3.8, 4) is 0 Å². The lowest BCUT2D eigenvalue weighted by atomic mass is 9.98. The zero-order valence-corrected chi connectivity index (χ0v) is 18.4. The number of carbonyl (C=O) groups is 2. The molecule has 0 bridgehead atoms. The Morgan fingerprint density at radius 1 is 1.28 bits per heavy atom. The summed E-state index contributed by atoms with van der Waals surface area (Å²) in [6.45, 7) is 6.54. The van der Waals surface area contributed by atoms with Gasteiger partial charge in [0.15, 0.2) is 0 Å². The molecule has 29 heavy (non-hydrogen) atoms. The summed E-state index contributed by atoms with van der Waals surface area (Å²) in [5, 5.41) is 6.95. The van der Waals surface area contributed by atoms with Crippen LogP contribution in [-0.2, 0) is 16.0 Å². The summed E-state index contributed by atoms with van der Waals surface area (Å²) in [5.41, 5.74) is 7.76. The Kier molecular flexibility index (Phi) is 6.90. The second-order valence-electron chi connectivity index (χ2n) is 8.38. The first kappa shape index (κ1) is 21.7. The van der Waals surface area contributed by atoms with Crippen LogP contribution in [0.15, 0.2) is 18.2 Å². The molecule has 1 aromatic carbocycles. The third-order valence-electron chi connectivity index (χ3n) is 5.69. The Labute approximate surface area is 176 Å². The molecule has 0 spiro atoms. The van der Waals surface area contributed by atoms with E-state index in [0.29, 0.717) is 25.3 Å². The van der Waals surface area contributed by atoms with E-state index in [1.54, 1.807) is 11.3 Å². The second-order valence-corrected chi connectivity index (χ2v) is 9.50. The van der Waals surface area contributed by atoms with Crippen LogP contribution in [0.3, 0.4) is 0 Å². The smallest absolute Gasteiger partial charge is 0.240 e. The molecule has 158 valence electrons. The van der Waals surface area contributed by atoms with Gasteiger partial charge in [0, 0.05) is 19.4 Å². The highest BCUT2D eigenvalue weighted by atomic mass is 32.1. The van der Waals surface area contributed by atoms with E-state index >= 15 is 0 Å². The van der Waals surface area contributed by atoms with Gasteiger partial charge in [-0.25, -0.2) is 4.98 Å². The van der Waals surface area contributed by atoms with Crippen molar-refractivity contribution in [3.63, 3.8) is 0 Å². The van der Waals surface area contributed by atoms with Crippen molar-refractivity contribution < 1.29 is 9.59 Å². The number of benzene rings is 1. The third-order valence-corrected chi connectivity index (χ3v) is 6.73. The van der Waals surface area contributed by atoms with E-state index in [2.05, 4.69) is 42.7 Å². The van der Waals surface area contributed by atoms with Gasteiger partial charge in [0.05, 0.1) is 26.8 Å². The molecule has 2 aromatic rings. The number of hydrogen-bond acceptors (Lipinski definition) is 5. The van der Waals surface area contributed by atoms with Crippen LogP contribution in [0.4, 0.5) is 0 Å². The molecular weight excluding hydrogens is 384 g/mol. The van der Waals surface area contributed by atoms with Crippen molar-refractivity contribution in [2.45, 2.75) is 76.8 Å². The monoisotopic (exact) mass is 416 g/mol. The van der Waals surface area contributed by atoms with Gasteiger partial charge in [0.25, 0.3) is 0 Å². The first-order valence-corrected chi connectivity index (χ1v) is 11.4. The lowest BCUT2D eigenvalue weighted by Gasteiger charge is -2.25. The second kappa shape index (κ2) is 9.22. The Bertz CT molecular complexity index is 871. The number of rotatable bonds is 8. The Morgan fingerprint density at radius 3 is 2.66 bits per heavy atom. The lowest BCUT2D eigenvalue weighted by molar-refractivity contribution is -0.127. The summed E-state index contributed by atoms with van der Waals surface area (Å²) in [7, 11) is 0. The fraction of sp³-hybridized carbons (Fsp3) is 0.591. The maximum absolute atomic E-state index is 12.6. The maximum Gasteiger partial charge on any atom is 0.240 e. The number of thiazole rings is 1. The van der Waals surface area contributed by atoms with Gasteiger partial charge < -0.3 is 16.4 Å². The minimum atomic E-state index is -0.761. The van der Waals surface area contributed by atoms with Crippen LogP contribution in [0.25, 0.3) is 10.2 Å². The number of amides is 2. The largest absolute Gasteiger partial charge is 0.352 e. The van der Waals surface area contributed by atoms with E-state index in [1.165, 1.54) is 5.56 Å². The molecule has 0 radical (unpaired) electrons. The topological polar surface area (TPSA) is 97.1 Å². The molecule has 6 nitrogen and oxygen atoms in total. The predicted octanol–water partition coefficient (Wildman–Crippen LogP) is 3.24. The molecule has 7 heteroatoms. The maximum atomic E-state index is 12.6. The normalized spacial score (nSPS) is 16.9. The average Bonchev–Trinajstić information content (AvgIpc) is 3.31. The highest BCUT2D eigenvalue weighted by molar-refractivity contribution is 7.18. The molecule has 1 saturated carbocycles. The van der Waals surface area contributed by atoms with Gasteiger partial charge >= 0.3 is 0 Å². The summed E-state index contributed by atoms with van der Waals surface area (Å²) < 4.78 is 1.16. The average molecular weight is 417 g/mol. The van der Waals surface area contributed by atoms with Crippen LogP contribution in [0.5, 0.6) is 0 Å². The standard InChI is InChI=1S/C22H32N4O2S/c1-4-19(27)25-16(13-24-21(28)22(23)9-5-6-10-22)12-20-26-17-8-7-15(14(2)3)11-18(17)29-20/h7-8,11,14,16H,4-6,9-10,12-13,23H2,1-3H3,(H,24,28)(H,25,27)/t16-/m0/s1. The highest BCUT2D eigenvalue weighted by Crippen LogP contribution is 2.28. The number of nitrogens with two attached hydrogens (primary N) is 1. The van der Waals surface area contributed by atoms with E-state index < -0.39 is 5.54 Å². The van der Waals surface area contributed by atoms with Gasteiger partial charge in [-0.15, -0.1) is 11.3 Å². The van der Waals surface area contributed by atoms with Crippen molar-refractivity contribution >= 4 is 33.4 Å². The molecule has 1 fully saturated rings. The van der Waals surface area contributed by atoms with Crippen molar-refractivity contribution in [3.05, 3.63) is 28.8 Å². The number of nitrogens with zero attached hydrogens (tertiary/aromatic N) is 1. The SMILES string of the molecule is CCC(=O)N[C@H](CNC(=O)C1(N)CCCC1)Cc1nc2ccc(C(C)C)cc2s1. The third kappa shape index (κ3) is 5.34. The Hall–Kier alpha value is -1.99. The molecule has 1 aliphatic carbocycles. The zero-order valence-electron chi connectivity index (χ0n) is 17.6. The van der Waals surface area contributed by atoms with E-state index in [1.807, 2.05) is 6.92 Å². The molecule has 0 unspecified atom stereocenters. The van der Waals surface area contributed by atoms with Gasteiger partial charge in [-0.05, 0) is 36.5 Å². The molecule has 0 saturated heterocycles. The van der Waals surface area contributed by atoms with E-state index in [-0.39, 0.29) is 17.9 Å². The molecule has 3 rings (SSSR count). The number of carbonyl (C=O) groups excluding carboxylic acids is 2. The van der Waals surface area contributed by atoms with Gasteiger partial charge in [-0.3, -0.25) is 9.59 Å². The first-order valence-electron chi connectivity index (χ1n) is 10.6. The highest BCUT2D eigenvalue weighted by Gasteiger charge is 2.37. The molecular formula is C22H32N4O2S. The quantitative estimate of drug-likeness (QED) is 0.615. The Balaban J connectivity index is 1.70. The molecule has 2 amide bonds. The van der Waals surface area contributed by atoms with Crippen LogP contribution in [-0.4, -0.2) is 34.9 Å². The van der Waals surface area contributed by atoms with E-state index in [9.17, 15) is 9.59 Å². The summed E-state index contributed by atoms with van der Waals surface area (Å²) in [6, 6.07) is 6.17. The Morgan fingerprint density at radius 2 is 2.00 bits per heavy atom. The van der Waals surface area contributed by atoms with Crippen LogP contribution < -0.4 is 16.4 Å². The van der Waals surface area contributed by atoms with Gasteiger partial charge in [0.2, 0.25) is 11.8 Å². The summed E-state index contributed by atoms with van der Waals surface area (Å²) in [6.07, 6.45) is 4.42. The lowest BCUT2D eigenvalue weighted by Crippen LogP contribution is -2.55. The van der Waals surface area contributed by atoms with E-state index in [4.69, 9.17) is 10.7 Å². The molecule has 1 heterocycles. The summed E-state index contributed by atoms with van der Waals surface area (Å²) in [4.78, 5) is 29.3. The van der Waals surface area contributed by atoms with Crippen molar-refractivity contribution in [2.24, 2.45) is 5.73 Å². The summed E-state index contributed by atoms with van der Waals surface area (Å²) in [5.74, 6) is 0.323. The molecule has 1 aromatic heterocycles. The van der Waals surface area contributed by atoms with Gasteiger partial charge in [-0.2, -0.15) is 0 Å². The molecule has 1 atom stereocenters. The predicted molar refractivity (Wildman–Crippen MR) is 118 cm³/mol. The zero-order chi connectivity index (χ0) is 21.0. The number of hydrogen-bond donors (Lipinski definition) is 3. The molecule has 4 N–H and O–H groups in total. The van der Waals surface area contributed by atoms with Gasteiger partial charge in [-0.1, -0.05) is 39.7 Å².